The summed E-state index contributed by atoms with van der Waals surface area (Å²) in [6.07, 6.45) is 0.951. The highest BCUT2D eigenvalue weighted by molar-refractivity contribution is 7.92. The van der Waals surface area contributed by atoms with Gasteiger partial charge in [-0.15, -0.1) is 0 Å². The minimum absolute atomic E-state index is 0.00810. The highest BCUT2D eigenvalue weighted by Gasteiger charge is 2.16. The summed E-state index contributed by atoms with van der Waals surface area (Å²) in [5, 5.41) is 5.55. The Kier molecular flexibility index (Phi) is 8.94. The highest BCUT2D eigenvalue weighted by atomic mass is 32.2. The number of anilines is 2. The van der Waals surface area contributed by atoms with Gasteiger partial charge in [0, 0.05) is 22.6 Å². The summed E-state index contributed by atoms with van der Waals surface area (Å²) in [5.41, 5.74) is 2.25. The first kappa shape index (κ1) is 27.0. The number of hydrogen-bond acceptors (Lipinski definition) is 7. The molecule has 0 unspecified atom stereocenters. The van der Waals surface area contributed by atoms with E-state index >= 15 is 0 Å². The predicted octanol–water partition coefficient (Wildman–Crippen LogP) is 4.45. The molecule has 1 amide bonds. The van der Waals surface area contributed by atoms with Crippen LogP contribution in [0, 0.1) is 19.8 Å². The van der Waals surface area contributed by atoms with Gasteiger partial charge in [-0.2, -0.15) is 0 Å². The Morgan fingerprint density at radius 3 is 2.19 bits per heavy atom. The molecule has 0 saturated carbocycles. The minimum Gasteiger partial charge on any atom is -0.494 e. The number of sulfonamides is 1. The number of amides is 1. The quantitative estimate of drug-likeness (QED) is 0.349. The fraction of sp³-hybridized carbons (Fsp3) is 0.280. The van der Waals surface area contributed by atoms with Gasteiger partial charge in [0.1, 0.15) is 5.75 Å². The number of thiocarbonyl (C=S) groups is 1. The third kappa shape index (κ3) is 7.99. The maximum Gasteiger partial charge on any atom is 0.264 e. The highest BCUT2D eigenvalue weighted by Crippen LogP contribution is 2.17. The van der Waals surface area contributed by atoms with E-state index in [1.807, 2.05) is 0 Å². The maximum absolute atomic E-state index is 12.7. The first-order chi connectivity index (χ1) is 17.0. The molecule has 0 radical (unpaired) electrons. The minimum atomic E-state index is -3.88. The first-order valence-corrected chi connectivity index (χ1v) is 13.2. The van der Waals surface area contributed by atoms with Crippen LogP contribution < -0.4 is 20.1 Å². The molecule has 36 heavy (non-hydrogen) atoms. The second-order valence-corrected chi connectivity index (χ2v) is 10.7. The zero-order valence-corrected chi connectivity index (χ0v) is 22.2. The summed E-state index contributed by atoms with van der Waals surface area (Å²) in [4.78, 5) is 20.7. The van der Waals surface area contributed by atoms with Crippen molar-refractivity contribution in [3.63, 3.8) is 0 Å². The number of carbonyl (C=O) groups is 1. The van der Waals surface area contributed by atoms with E-state index in [-0.39, 0.29) is 21.9 Å². The molecule has 0 aliphatic heterocycles. The van der Waals surface area contributed by atoms with Gasteiger partial charge in [-0.1, -0.05) is 13.8 Å². The molecule has 0 saturated heterocycles. The smallest absolute Gasteiger partial charge is 0.264 e. The van der Waals surface area contributed by atoms with E-state index < -0.39 is 10.0 Å². The van der Waals surface area contributed by atoms with Crippen LogP contribution in [0.2, 0.25) is 0 Å². The number of nitrogens with one attached hydrogen (secondary N) is 3. The summed E-state index contributed by atoms with van der Waals surface area (Å²) < 4.78 is 33.4. The van der Waals surface area contributed by atoms with Crippen molar-refractivity contribution in [2.75, 3.05) is 16.6 Å². The van der Waals surface area contributed by atoms with Crippen LogP contribution >= 0.6 is 12.2 Å². The van der Waals surface area contributed by atoms with Crippen molar-refractivity contribution in [3.05, 3.63) is 71.5 Å². The van der Waals surface area contributed by atoms with Crippen LogP contribution in [0.25, 0.3) is 0 Å². The van der Waals surface area contributed by atoms with Gasteiger partial charge >= 0.3 is 0 Å². The molecule has 9 nitrogen and oxygen atoms in total. The van der Waals surface area contributed by atoms with Crippen LogP contribution in [0.15, 0.2) is 59.5 Å². The first-order valence-electron chi connectivity index (χ1n) is 11.3. The lowest BCUT2D eigenvalue weighted by atomic mass is 10.1. The zero-order valence-electron chi connectivity index (χ0n) is 20.5. The van der Waals surface area contributed by atoms with Crippen LogP contribution in [0.3, 0.4) is 0 Å². The molecule has 11 heteroatoms. The van der Waals surface area contributed by atoms with Crippen molar-refractivity contribution in [1.82, 2.24) is 15.3 Å². The molecule has 190 valence electrons. The average molecular weight is 528 g/mol. The molecule has 2 aromatic carbocycles. The van der Waals surface area contributed by atoms with Gasteiger partial charge < -0.3 is 10.1 Å². The predicted molar refractivity (Wildman–Crippen MR) is 144 cm³/mol. The number of carbonyl (C=O) groups excluding carboxylic acids is 1. The van der Waals surface area contributed by atoms with Gasteiger partial charge in [0.15, 0.2) is 5.11 Å². The van der Waals surface area contributed by atoms with E-state index in [9.17, 15) is 13.2 Å². The fourth-order valence-electron chi connectivity index (χ4n) is 3.12. The summed E-state index contributed by atoms with van der Waals surface area (Å²) >= 11 is 5.22. The lowest BCUT2D eigenvalue weighted by molar-refractivity contribution is 0.0977. The SMILES string of the molecule is Cc1cc(C)nc(NS(=O)(=O)c2ccc(NC(=S)NC(=O)c3ccc(OCCC(C)C)cc3)cc2)n1. The second-order valence-electron chi connectivity index (χ2n) is 8.57. The molecule has 0 aliphatic carbocycles. The summed E-state index contributed by atoms with van der Waals surface area (Å²) in [6.45, 7) is 8.39. The van der Waals surface area contributed by atoms with Crippen LogP contribution in [0.1, 0.15) is 42.0 Å². The number of hydrogen-bond donors (Lipinski definition) is 3. The molecule has 0 fully saturated rings. The summed E-state index contributed by atoms with van der Waals surface area (Å²) in [7, 11) is -3.88. The van der Waals surface area contributed by atoms with Crippen LogP contribution in [-0.4, -0.2) is 36.0 Å². The Morgan fingerprint density at radius 1 is 1.00 bits per heavy atom. The monoisotopic (exact) mass is 527 g/mol. The molecular formula is C25H29N5O4S2. The Balaban J connectivity index is 1.55. The molecular weight excluding hydrogens is 498 g/mol. The van der Waals surface area contributed by atoms with E-state index in [4.69, 9.17) is 17.0 Å². The van der Waals surface area contributed by atoms with E-state index in [2.05, 4.69) is 39.2 Å². The molecule has 3 N–H and O–H groups in total. The number of aromatic nitrogens is 2. The molecule has 1 heterocycles. The molecule has 0 aliphatic rings. The Labute approximate surface area is 216 Å². The molecule has 0 atom stereocenters. The molecule has 1 aromatic heterocycles. The van der Waals surface area contributed by atoms with E-state index in [1.54, 1.807) is 56.3 Å². The number of nitrogens with zero attached hydrogens (tertiary/aromatic N) is 2. The van der Waals surface area contributed by atoms with Gasteiger partial charge in [-0.25, -0.2) is 23.1 Å². The van der Waals surface area contributed by atoms with Crippen LogP contribution in [-0.2, 0) is 10.0 Å². The summed E-state index contributed by atoms with van der Waals surface area (Å²) in [5.74, 6) is 0.881. The fourth-order valence-corrected chi connectivity index (χ4v) is 4.28. The standard InChI is InChI=1S/C25H29N5O4S2/c1-16(2)13-14-34-21-9-5-19(6-10-21)23(31)29-25(35)28-20-7-11-22(12-8-20)36(32,33)30-24-26-17(3)15-18(4)27-24/h5-12,15-16H,13-14H2,1-4H3,(H,26,27,30)(H2,28,29,31,35). The van der Waals surface area contributed by atoms with Gasteiger partial charge in [0.05, 0.1) is 11.5 Å². The number of ether oxygens (including phenoxy) is 1. The van der Waals surface area contributed by atoms with Crippen LogP contribution in [0.4, 0.5) is 11.6 Å². The van der Waals surface area contributed by atoms with Gasteiger partial charge in [-0.3, -0.25) is 10.1 Å². The zero-order chi connectivity index (χ0) is 26.3. The van der Waals surface area contributed by atoms with Gasteiger partial charge in [0.2, 0.25) is 5.95 Å². The largest absolute Gasteiger partial charge is 0.494 e. The number of aryl methyl sites for hydroxylation is 2. The lowest BCUT2D eigenvalue weighted by Gasteiger charge is -2.12. The molecule has 0 spiro atoms. The second kappa shape index (κ2) is 11.9. The van der Waals surface area contributed by atoms with E-state index in [0.29, 0.717) is 40.9 Å². The van der Waals surface area contributed by atoms with Crippen molar-refractivity contribution in [2.24, 2.45) is 5.92 Å². The van der Waals surface area contributed by atoms with E-state index in [0.717, 1.165) is 6.42 Å². The number of rotatable bonds is 9. The third-order valence-electron chi connectivity index (χ3n) is 4.94. The topological polar surface area (TPSA) is 122 Å². The third-order valence-corrected chi connectivity index (χ3v) is 6.49. The molecule has 3 aromatic rings. The molecule has 3 rings (SSSR count). The average Bonchev–Trinajstić information content (AvgIpc) is 2.78. The molecule has 0 bridgehead atoms. The number of benzene rings is 2. The maximum atomic E-state index is 12.7. The van der Waals surface area contributed by atoms with Crippen molar-refractivity contribution in [1.29, 1.82) is 0 Å². The van der Waals surface area contributed by atoms with E-state index in [1.165, 1.54) is 12.1 Å². The van der Waals surface area contributed by atoms with Gasteiger partial charge in [0.25, 0.3) is 15.9 Å². The summed E-state index contributed by atoms with van der Waals surface area (Å²) in [6, 6.07) is 14.5. The van der Waals surface area contributed by atoms with Gasteiger partial charge in [-0.05, 0) is 93.0 Å². The van der Waals surface area contributed by atoms with Crippen molar-refractivity contribution in [2.45, 2.75) is 39.0 Å². The Bertz CT molecular complexity index is 1310. The Hall–Kier alpha value is -3.57. The van der Waals surface area contributed by atoms with Crippen molar-refractivity contribution in [3.8, 4) is 5.75 Å². The normalized spacial score (nSPS) is 11.1. The lowest BCUT2D eigenvalue weighted by Crippen LogP contribution is -2.34. The van der Waals surface area contributed by atoms with Crippen molar-refractivity contribution < 1.29 is 17.9 Å². The van der Waals surface area contributed by atoms with Crippen LogP contribution in [0.5, 0.6) is 5.75 Å². The van der Waals surface area contributed by atoms with Crippen molar-refractivity contribution >= 4 is 44.9 Å². The Morgan fingerprint density at radius 2 is 1.61 bits per heavy atom.